The summed E-state index contributed by atoms with van der Waals surface area (Å²) in [6.07, 6.45) is 2.83. The molecule has 0 radical (unpaired) electrons. The highest BCUT2D eigenvalue weighted by Gasteiger charge is 2.32. The Kier molecular flexibility index (Phi) is 3.59. The summed E-state index contributed by atoms with van der Waals surface area (Å²) in [4.78, 5) is 2.42. The van der Waals surface area contributed by atoms with Gasteiger partial charge in [-0.25, -0.2) is 0 Å². The van der Waals surface area contributed by atoms with Crippen LogP contribution in [0.4, 0.5) is 0 Å². The molecular weight excluding hydrogens is 172 g/mol. The highest BCUT2D eigenvalue weighted by atomic mass is 15.1. The van der Waals surface area contributed by atoms with E-state index in [9.17, 15) is 0 Å². The van der Waals surface area contributed by atoms with Crippen molar-refractivity contribution in [2.24, 2.45) is 17.1 Å². The molecule has 0 aromatic heterocycles. The van der Waals surface area contributed by atoms with Crippen molar-refractivity contribution in [3.63, 3.8) is 0 Å². The zero-order valence-corrected chi connectivity index (χ0v) is 10.4. The summed E-state index contributed by atoms with van der Waals surface area (Å²) in [6, 6.07) is 0.983. The lowest BCUT2D eigenvalue weighted by atomic mass is 9.87. The molecule has 1 fully saturated rings. The summed E-state index contributed by atoms with van der Waals surface area (Å²) in [7, 11) is 2.20. The smallest absolute Gasteiger partial charge is 0.0217 e. The molecule has 14 heavy (non-hydrogen) atoms. The van der Waals surface area contributed by atoms with E-state index in [1.54, 1.807) is 0 Å². The molecule has 1 saturated carbocycles. The molecule has 0 bridgehead atoms. The SMILES string of the molecule is CC(C1CC1)N(C)CC(N)C(C)(C)C. The number of hydrogen-bond donors (Lipinski definition) is 1. The van der Waals surface area contributed by atoms with Crippen molar-refractivity contribution in [3.8, 4) is 0 Å². The van der Waals surface area contributed by atoms with Gasteiger partial charge >= 0.3 is 0 Å². The summed E-state index contributed by atoms with van der Waals surface area (Å²) in [6.45, 7) is 9.99. The van der Waals surface area contributed by atoms with Crippen LogP contribution in [0.1, 0.15) is 40.5 Å². The van der Waals surface area contributed by atoms with Gasteiger partial charge in [-0.15, -0.1) is 0 Å². The van der Waals surface area contributed by atoms with Gasteiger partial charge in [-0.3, -0.25) is 0 Å². The lowest BCUT2D eigenvalue weighted by molar-refractivity contribution is 0.177. The third-order valence-corrected chi connectivity index (χ3v) is 3.60. The maximum Gasteiger partial charge on any atom is 0.0217 e. The standard InChI is InChI=1S/C12H26N2/c1-9(10-6-7-10)14(5)8-11(13)12(2,3)4/h9-11H,6-8,13H2,1-5H3. The van der Waals surface area contributed by atoms with Gasteiger partial charge in [-0.05, 0) is 38.1 Å². The van der Waals surface area contributed by atoms with E-state index in [1.165, 1.54) is 12.8 Å². The molecule has 0 spiro atoms. The molecule has 2 heteroatoms. The van der Waals surface area contributed by atoms with Crippen LogP contribution in [-0.4, -0.2) is 30.6 Å². The molecule has 2 atom stereocenters. The van der Waals surface area contributed by atoms with Crippen LogP contribution in [0.5, 0.6) is 0 Å². The van der Waals surface area contributed by atoms with Crippen molar-refractivity contribution >= 4 is 0 Å². The van der Waals surface area contributed by atoms with E-state index in [0.29, 0.717) is 6.04 Å². The Labute approximate surface area is 88.8 Å². The second-order valence-electron chi connectivity index (χ2n) is 5.99. The van der Waals surface area contributed by atoms with Crippen LogP contribution >= 0.6 is 0 Å². The predicted octanol–water partition coefficient (Wildman–Crippen LogP) is 2.09. The summed E-state index contributed by atoms with van der Waals surface area (Å²) in [5.41, 5.74) is 6.39. The topological polar surface area (TPSA) is 29.3 Å². The normalized spacial score (nSPS) is 22.5. The molecule has 0 heterocycles. The third kappa shape index (κ3) is 3.25. The van der Waals surface area contributed by atoms with Crippen LogP contribution in [-0.2, 0) is 0 Å². The van der Waals surface area contributed by atoms with Crippen LogP contribution in [0.25, 0.3) is 0 Å². The summed E-state index contributed by atoms with van der Waals surface area (Å²) in [5, 5.41) is 0. The number of hydrogen-bond acceptors (Lipinski definition) is 2. The van der Waals surface area contributed by atoms with Crippen LogP contribution in [0.15, 0.2) is 0 Å². The Balaban J connectivity index is 2.35. The predicted molar refractivity (Wildman–Crippen MR) is 62.2 cm³/mol. The lowest BCUT2D eigenvalue weighted by Gasteiger charge is -2.33. The third-order valence-electron chi connectivity index (χ3n) is 3.60. The van der Waals surface area contributed by atoms with E-state index in [0.717, 1.165) is 12.5 Å². The van der Waals surface area contributed by atoms with Gasteiger partial charge in [-0.1, -0.05) is 20.8 Å². The second-order valence-corrected chi connectivity index (χ2v) is 5.99. The second kappa shape index (κ2) is 4.19. The lowest BCUT2D eigenvalue weighted by Crippen LogP contribution is -2.47. The zero-order chi connectivity index (χ0) is 10.9. The van der Waals surface area contributed by atoms with Gasteiger partial charge in [0, 0.05) is 18.6 Å². The monoisotopic (exact) mass is 198 g/mol. The fraction of sp³-hybridized carbons (Fsp3) is 1.00. The van der Waals surface area contributed by atoms with Crippen molar-refractivity contribution in [1.29, 1.82) is 0 Å². The minimum Gasteiger partial charge on any atom is -0.326 e. The summed E-state index contributed by atoms with van der Waals surface area (Å²) < 4.78 is 0. The van der Waals surface area contributed by atoms with Gasteiger partial charge in [0.05, 0.1) is 0 Å². The number of nitrogens with zero attached hydrogens (tertiary/aromatic N) is 1. The Hall–Kier alpha value is -0.0800. The molecule has 0 amide bonds. The molecule has 1 rings (SSSR count). The van der Waals surface area contributed by atoms with Gasteiger partial charge in [0.1, 0.15) is 0 Å². The quantitative estimate of drug-likeness (QED) is 0.749. The van der Waals surface area contributed by atoms with E-state index in [1.807, 2.05) is 0 Å². The Morgan fingerprint density at radius 2 is 1.86 bits per heavy atom. The van der Waals surface area contributed by atoms with Gasteiger partial charge in [0.15, 0.2) is 0 Å². The minimum absolute atomic E-state index is 0.220. The van der Waals surface area contributed by atoms with E-state index < -0.39 is 0 Å². The largest absolute Gasteiger partial charge is 0.326 e. The van der Waals surface area contributed by atoms with E-state index in [4.69, 9.17) is 5.73 Å². The van der Waals surface area contributed by atoms with Gasteiger partial charge < -0.3 is 10.6 Å². The molecule has 84 valence electrons. The van der Waals surface area contributed by atoms with Crippen molar-refractivity contribution in [1.82, 2.24) is 4.90 Å². The van der Waals surface area contributed by atoms with Crippen LogP contribution in [0, 0.1) is 11.3 Å². The fourth-order valence-corrected chi connectivity index (χ4v) is 1.69. The average molecular weight is 198 g/mol. The van der Waals surface area contributed by atoms with Crippen molar-refractivity contribution in [2.45, 2.75) is 52.6 Å². The van der Waals surface area contributed by atoms with Gasteiger partial charge in [-0.2, -0.15) is 0 Å². The molecular formula is C12H26N2. The van der Waals surface area contributed by atoms with Gasteiger partial charge in [0.25, 0.3) is 0 Å². The fourth-order valence-electron chi connectivity index (χ4n) is 1.69. The van der Waals surface area contributed by atoms with Crippen LogP contribution in [0.3, 0.4) is 0 Å². The first-order valence-corrected chi connectivity index (χ1v) is 5.78. The average Bonchev–Trinajstić information content (AvgIpc) is 2.83. The first kappa shape index (κ1) is 12.0. The zero-order valence-electron chi connectivity index (χ0n) is 10.4. The maximum atomic E-state index is 6.17. The van der Waals surface area contributed by atoms with Gasteiger partial charge in [0.2, 0.25) is 0 Å². The highest BCUT2D eigenvalue weighted by Crippen LogP contribution is 2.35. The molecule has 0 aromatic carbocycles. The molecule has 1 aliphatic rings. The summed E-state index contributed by atoms with van der Waals surface area (Å²) >= 11 is 0. The molecule has 1 aliphatic carbocycles. The Bertz CT molecular complexity index is 179. The molecule has 0 aliphatic heterocycles. The Morgan fingerprint density at radius 1 is 1.36 bits per heavy atom. The minimum atomic E-state index is 0.220. The first-order valence-electron chi connectivity index (χ1n) is 5.78. The van der Waals surface area contributed by atoms with Crippen molar-refractivity contribution < 1.29 is 0 Å². The van der Waals surface area contributed by atoms with E-state index >= 15 is 0 Å². The van der Waals surface area contributed by atoms with Crippen molar-refractivity contribution in [2.75, 3.05) is 13.6 Å². The Morgan fingerprint density at radius 3 is 2.21 bits per heavy atom. The highest BCUT2D eigenvalue weighted by molar-refractivity contribution is 4.87. The van der Waals surface area contributed by atoms with E-state index in [2.05, 4.69) is 39.6 Å². The summed E-state index contributed by atoms with van der Waals surface area (Å²) in [5.74, 6) is 0.937. The molecule has 0 saturated heterocycles. The molecule has 0 aromatic rings. The number of likely N-dealkylation sites (N-methyl/N-ethyl adjacent to an activating group) is 1. The van der Waals surface area contributed by atoms with Crippen molar-refractivity contribution in [3.05, 3.63) is 0 Å². The molecule has 2 unspecified atom stereocenters. The van der Waals surface area contributed by atoms with E-state index in [-0.39, 0.29) is 11.5 Å². The number of rotatable bonds is 4. The molecule has 2 nitrogen and oxygen atoms in total. The van der Waals surface area contributed by atoms with Crippen LogP contribution in [0.2, 0.25) is 0 Å². The first-order chi connectivity index (χ1) is 6.32. The molecule has 2 N–H and O–H groups in total. The number of nitrogens with two attached hydrogens (primary N) is 1. The maximum absolute atomic E-state index is 6.17. The van der Waals surface area contributed by atoms with Crippen LogP contribution < -0.4 is 5.73 Å².